The molecule has 1 fully saturated rings. The molecule has 3 rings (SSSR count). The predicted molar refractivity (Wildman–Crippen MR) is 93.8 cm³/mol. The average molecular weight is 339 g/mol. The van der Waals surface area contributed by atoms with E-state index in [0.29, 0.717) is 24.2 Å². The molecule has 7 nitrogen and oxygen atoms in total. The summed E-state index contributed by atoms with van der Waals surface area (Å²) in [5.41, 5.74) is 1.99. The second kappa shape index (κ2) is 6.72. The molecule has 1 N–H and O–H groups in total. The molecule has 25 heavy (non-hydrogen) atoms. The van der Waals surface area contributed by atoms with Crippen LogP contribution in [0.5, 0.6) is 0 Å². The van der Waals surface area contributed by atoms with Gasteiger partial charge in [-0.2, -0.15) is 0 Å². The Morgan fingerprint density at radius 1 is 1.20 bits per heavy atom. The van der Waals surface area contributed by atoms with Gasteiger partial charge in [0.05, 0.1) is 4.92 Å². The van der Waals surface area contributed by atoms with E-state index in [1.54, 1.807) is 48.2 Å². The van der Waals surface area contributed by atoms with Crippen molar-refractivity contribution in [2.75, 3.05) is 16.8 Å². The number of nitro benzene ring substituents is 1. The number of nitro groups is 1. The Balaban J connectivity index is 1.74. The van der Waals surface area contributed by atoms with Crippen LogP contribution in [0.15, 0.2) is 42.5 Å². The summed E-state index contributed by atoms with van der Waals surface area (Å²) in [6, 6.07) is 11.3. The summed E-state index contributed by atoms with van der Waals surface area (Å²) in [7, 11) is 0. The molecule has 0 aromatic heterocycles. The van der Waals surface area contributed by atoms with E-state index in [1.165, 1.54) is 6.07 Å². The summed E-state index contributed by atoms with van der Waals surface area (Å²) < 4.78 is 0. The maximum absolute atomic E-state index is 12.3. The van der Waals surface area contributed by atoms with Crippen LogP contribution in [0, 0.1) is 17.0 Å². The molecule has 0 saturated carbocycles. The largest absolute Gasteiger partial charge is 0.322 e. The molecule has 0 spiro atoms. The predicted octanol–water partition coefficient (Wildman–Crippen LogP) is 3.28. The minimum Gasteiger partial charge on any atom is -0.322 e. The highest BCUT2D eigenvalue weighted by atomic mass is 16.6. The molecule has 2 aromatic rings. The minimum absolute atomic E-state index is 0.0875. The van der Waals surface area contributed by atoms with Crippen molar-refractivity contribution >= 4 is 28.9 Å². The molecule has 0 unspecified atom stereocenters. The third-order valence-corrected chi connectivity index (χ3v) is 4.18. The lowest BCUT2D eigenvalue weighted by Crippen LogP contribution is -2.23. The van der Waals surface area contributed by atoms with Crippen molar-refractivity contribution < 1.29 is 14.5 Å². The van der Waals surface area contributed by atoms with Crippen LogP contribution in [0.2, 0.25) is 0 Å². The van der Waals surface area contributed by atoms with Crippen molar-refractivity contribution in [3.63, 3.8) is 0 Å². The van der Waals surface area contributed by atoms with Gasteiger partial charge in [-0.25, -0.2) is 0 Å². The van der Waals surface area contributed by atoms with Crippen LogP contribution in [-0.2, 0) is 4.79 Å². The SMILES string of the molecule is Cc1ccc(C(=O)Nc2ccc(N3CCCC3=O)cc2)cc1[N+](=O)[O-]. The number of hydrogen-bond donors (Lipinski definition) is 1. The van der Waals surface area contributed by atoms with Gasteiger partial charge in [0.1, 0.15) is 0 Å². The summed E-state index contributed by atoms with van der Waals surface area (Å²) >= 11 is 0. The van der Waals surface area contributed by atoms with Crippen molar-refractivity contribution in [1.82, 2.24) is 0 Å². The monoisotopic (exact) mass is 339 g/mol. The summed E-state index contributed by atoms with van der Waals surface area (Å²) in [4.78, 5) is 36.2. The van der Waals surface area contributed by atoms with Gasteiger partial charge < -0.3 is 10.2 Å². The topological polar surface area (TPSA) is 92.6 Å². The number of amides is 2. The standard InChI is InChI=1S/C18H17N3O4/c1-12-4-5-13(11-16(12)21(24)25)18(23)19-14-6-8-15(9-7-14)20-10-2-3-17(20)22/h4-9,11H,2-3,10H2,1H3,(H,19,23). The Morgan fingerprint density at radius 2 is 1.92 bits per heavy atom. The van der Waals surface area contributed by atoms with Crippen LogP contribution in [0.3, 0.4) is 0 Å². The van der Waals surface area contributed by atoms with E-state index in [2.05, 4.69) is 5.32 Å². The molecule has 0 bridgehead atoms. The third kappa shape index (κ3) is 3.50. The van der Waals surface area contributed by atoms with E-state index >= 15 is 0 Å². The number of benzene rings is 2. The zero-order valence-electron chi connectivity index (χ0n) is 13.7. The Kier molecular flexibility index (Phi) is 4.47. The van der Waals surface area contributed by atoms with Crippen LogP contribution in [0.4, 0.5) is 17.1 Å². The van der Waals surface area contributed by atoms with Crippen molar-refractivity contribution in [3.05, 3.63) is 63.7 Å². The average Bonchev–Trinajstić information content (AvgIpc) is 3.01. The highest BCUT2D eigenvalue weighted by Gasteiger charge is 2.21. The highest BCUT2D eigenvalue weighted by molar-refractivity contribution is 6.05. The second-order valence-corrected chi connectivity index (χ2v) is 5.91. The molecule has 2 aromatic carbocycles. The normalized spacial score (nSPS) is 13.8. The number of rotatable bonds is 4. The molecule has 1 aliphatic rings. The zero-order chi connectivity index (χ0) is 18.0. The maximum Gasteiger partial charge on any atom is 0.273 e. The molecule has 1 heterocycles. The van der Waals surface area contributed by atoms with Gasteiger partial charge in [0.15, 0.2) is 0 Å². The maximum atomic E-state index is 12.3. The van der Waals surface area contributed by atoms with Crippen LogP contribution in [0.1, 0.15) is 28.8 Å². The summed E-state index contributed by atoms with van der Waals surface area (Å²) in [5.74, 6) is -0.322. The molecule has 0 radical (unpaired) electrons. The minimum atomic E-state index is -0.506. The first-order valence-corrected chi connectivity index (χ1v) is 7.92. The number of carbonyl (C=O) groups is 2. The number of hydrogen-bond acceptors (Lipinski definition) is 4. The van der Waals surface area contributed by atoms with E-state index in [-0.39, 0.29) is 17.2 Å². The van der Waals surface area contributed by atoms with Gasteiger partial charge in [-0.1, -0.05) is 6.07 Å². The lowest BCUT2D eigenvalue weighted by molar-refractivity contribution is -0.385. The zero-order valence-corrected chi connectivity index (χ0v) is 13.7. The molecule has 0 aliphatic carbocycles. The summed E-state index contributed by atoms with van der Waals surface area (Å²) in [6.07, 6.45) is 1.41. The molecular formula is C18H17N3O4. The molecule has 1 saturated heterocycles. The van der Waals surface area contributed by atoms with Crippen LogP contribution in [-0.4, -0.2) is 23.3 Å². The Bertz CT molecular complexity index is 846. The first-order valence-electron chi connectivity index (χ1n) is 7.92. The smallest absolute Gasteiger partial charge is 0.273 e. The molecule has 1 aliphatic heterocycles. The van der Waals surface area contributed by atoms with E-state index in [4.69, 9.17) is 0 Å². The van der Waals surface area contributed by atoms with Gasteiger partial charge in [0, 0.05) is 41.5 Å². The van der Waals surface area contributed by atoms with Crippen LogP contribution in [0.25, 0.3) is 0 Å². The first kappa shape index (κ1) is 16.6. The highest BCUT2D eigenvalue weighted by Crippen LogP contribution is 2.24. The molecule has 128 valence electrons. The fraction of sp³-hybridized carbons (Fsp3) is 0.222. The van der Waals surface area contributed by atoms with Gasteiger partial charge in [-0.15, -0.1) is 0 Å². The van der Waals surface area contributed by atoms with Crippen LogP contribution >= 0.6 is 0 Å². The molecular weight excluding hydrogens is 322 g/mol. The summed E-state index contributed by atoms with van der Waals surface area (Å²) in [6.45, 7) is 2.33. The van der Waals surface area contributed by atoms with Crippen molar-refractivity contribution in [1.29, 1.82) is 0 Å². The number of nitrogens with zero attached hydrogens (tertiary/aromatic N) is 2. The molecule has 2 amide bonds. The quantitative estimate of drug-likeness (QED) is 0.683. The third-order valence-electron chi connectivity index (χ3n) is 4.18. The number of carbonyl (C=O) groups excluding carboxylic acids is 2. The van der Waals surface area contributed by atoms with E-state index < -0.39 is 10.8 Å². The number of anilines is 2. The van der Waals surface area contributed by atoms with Crippen molar-refractivity contribution in [2.24, 2.45) is 0 Å². The van der Waals surface area contributed by atoms with Crippen molar-refractivity contribution in [3.8, 4) is 0 Å². The van der Waals surface area contributed by atoms with Crippen molar-refractivity contribution in [2.45, 2.75) is 19.8 Å². The van der Waals surface area contributed by atoms with E-state index in [1.807, 2.05) is 0 Å². The molecule has 0 atom stereocenters. The van der Waals surface area contributed by atoms with Gasteiger partial charge in [-0.3, -0.25) is 19.7 Å². The fourth-order valence-electron chi connectivity index (χ4n) is 2.80. The van der Waals surface area contributed by atoms with Gasteiger partial charge in [0.2, 0.25) is 5.91 Å². The summed E-state index contributed by atoms with van der Waals surface area (Å²) in [5, 5.41) is 13.7. The Hall–Kier alpha value is -3.22. The number of aryl methyl sites for hydroxylation is 1. The second-order valence-electron chi connectivity index (χ2n) is 5.91. The molecule has 7 heteroatoms. The Labute approximate surface area is 144 Å². The van der Waals surface area contributed by atoms with Gasteiger partial charge in [-0.05, 0) is 43.7 Å². The first-order chi connectivity index (χ1) is 12.0. The fourth-order valence-corrected chi connectivity index (χ4v) is 2.80. The lowest BCUT2D eigenvalue weighted by Gasteiger charge is -2.16. The van der Waals surface area contributed by atoms with E-state index in [0.717, 1.165) is 12.1 Å². The van der Waals surface area contributed by atoms with Crippen LogP contribution < -0.4 is 10.2 Å². The van der Waals surface area contributed by atoms with Gasteiger partial charge in [0.25, 0.3) is 11.6 Å². The van der Waals surface area contributed by atoms with Gasteiger partial charge >= 0.3 is 0 Å². The Morgan fingerprint density at radius 3 is 2.52 bits per heavy atom. The number of nitrogens with one attached hydrogen (secondary N) is 1. The lowest BCUT2D eigenvalue weighted by atomic mass is 10.1. The van der Waals surface area contributed by atoms with E-state index in [9.17, 15) is 19.7 Å².